The number of rotatable bonds is 8. The summed E-state index contributed by atoms with van der Waals surface area (Å²) in [6.45, 7) is 19.7. The van der Waals surface area contributed by atoms with Gasteiger partial charge >= 0.3 is 12.2 Å². The van der Waals surface area contributed by atoms with Gasteiger partial charge in [0.2, 0.25) is 0 Å². The lowest BCUT2D eigenvalue weighted by Gasteiger charge is -2.31. The topological polar surface area (TPSA) is 196 Å². The van der Waals surface area contributed by atoms with Gasteiger partial charge in [0.05, 0.1) is 40.6 Å². The predicted molar refractivity (Wildman–Crippen MR) is 235 cm³/mol. The normalized spacial score (nSPS) is 19.2. The van der Waals surface area contributed by atoms with Gasteiger partial charge in [-0.15, -0.1) is 0 Å². The van der Waals surface area contributed by atoms with E-state index in [0.29, 0.717) is 81.7 Å². The number of hydrogen-bond acceptors (Lipinski definition) is 14. The molecule has 2 aliphatic heterocycles. The van der Waals surface area contributed by atoms with Crippen molar-refractivity contribution < 1.29 is 47.5 Å². The molecule has 6 heterocycles. The molecule has 4 aromatic heterocycles. The van der Waals surface area contributed by atoms with Gasteiger partial charge in [0, 0.05) is 47.1 Å². The molecule has 10 rings (SSSR count). The second-order valence-corrected chi connectivity index (χ2v) is 19.5. The Morgan fingerprint density at radius 3 is 1.52 bits per heavy atom. The first-order valence-corrected chi connectivity index (χ1v) is 22.2. The van der Waals surface area contributed by atoms with Crippen LogP contribution in [0.4, 0.5) is 9.59 Å². The fraction of sp³-hybridized carbons (Fsp3) is 0.521. The van der Waals surface area contributed by atoms with E-state index in [2.05, 4.69) is 10.3 Å². The highest BCUT2D eigenvalue weighted by Gasteiger charge is 2.39. The summed E-state index contributed by atoms with van der Waals surface area (Å²) in [7, 11) is 0. The van der Waals surface area contributed by atoms with Crippen LogP contribution >= 0.6 is 0 Å². The summed E-state index contributed by atoms with van der Waals surface area (Å²) >= 11 is 0. The molecule has 2 saturated carbocycles. The zero-order chi connectivity index (χ0) is 45.6. The molecule has 3 atom stereocenters. The Morgan fingerprint density at radius 2 is 1.12 bits per heavy atom. The lowest BCUT2D eigenvalue weighted by Crippen LogP contribution is -2.35. The van der Waals surface area contributed by atoms with Crippen LogP contribution in [0.2, 0.25) is 0 Å². The Labute approximate surface area is 370 Å². The molecule has 64 heavy (non-hydrogen) atoms. The molecule has 3 unspecified atom stereocenters. The van der Waals surface area contributed by atoms with Crippen LogP contribution in [0.25, 0.3) is 44.3 Å². The van der Waals surface area contributed by atoms with Crippen LogP contribution in [0.3, 0.4) is 0 Å². The number of benzene rings is 2. The third kappa shape index (κ3) is 8.27. The van der Waals surface area contributed by atoms with Crippen molar-refractivity contribution in [2.24, 2.45) is 0 Å². The molecule has 2 saturated heterocycles. The summed E-state index contributed by atoms with van der Waals surface area (Å²) < 4.78 is 36.4. The van der Waals surface area contributed by atoms with E-state index < -0.39 is 35.6 Å². The summed E-state index contributed by atoms with van der Waals surface area (Å²) in [5, 5.41) is 19.3. The summed E-state index contributed by atoms with van der Waals surface area (Å²) in [6.07, 6.45) is 2.77. The summed E-state index contributed by atoms with van der Waals surface area (Å²) in [4.78, 5) is 49.5. The first-order valence-electron chi connectivity index (χ1n) is 22.2. The average Bonchev–Trinajstić information content (AvgIpc) is 4.06. The molecule has 1 N–H and O–H groups in total. The van der Waals surface area contributed by atoms with Crippen LogP contribution in [0.5, 0.6) is 0 Å². The Hall–Kier alpha value is -5.71. The number of aliphatic hydroxyl groups is 1. The van der Waals surface area contributed by atoms with E-state index in [0.717, 1.165) is 60.1 Å². The summed E-state index contributed by atoms with van der Waals surface area (Å²) in [5.74, 6) is 2.93. The average molecular weight is 877 g/mol. The molecule has 16 nitrogen and oxygen atoms in total. The van der Waals surface area contributed by atoms with Gasteiger partial charge in [-0.25, -0.2) is 28.7 Å². The van der Waals surface area contributed by atoms with E-state index in [-0.39, 0.29) is 23.7 Å². The minimum atomic E-state index is -0.847. The van der Waals surface area contributed by atoms with Crippen LogP contribution in [0.15, 0.2) is 33.3 Å². The quantitative estimate of drug-likeness (QED) is 0.142. The molecule has 2 aromatic carbocycles. The molecular formula is C48H56N6O10. The van der Waals surface area contributed by atoms with E-state index in [1.165, 1.54) is 0 Å². The van der Waals surface area contributed by atoms with Crippen LogP contribution in [0, 0.1) is 27.7 Å². The van der Waals surface area contributed by atoms with Gasteiger partial charge in [-0.05, 0) is 137 Å². The van der Waals surface area contributed by atoms with Gasteiger partial charge in [-0.3, -0.25) is 4.79 Å². The lowest BCUT2D eigenvalue weighted by molar-refractivity contribution is -0.117. The van der Waals surface area contributed by atoms with E-state index in [1.807, 2.05) is 93.5 Å². The van der Waals surface area contributed by atoms with Crippen molar-refractivity contribution >= 4 is 40.0 Å². The number of carbonyl (C=O) groups excluding carboxylic acids is 3. The van der Waals surface area contributed by atoms with Crippen molar-refractivity contribution in [1.82, 2.24) is 29.4 Å². The largest absolute Gasteiger partial charge is 0.443 e. The number of fused-ring (bicyclic) bond motifs is 2. The monoisotopic (exact) mass is 876 g/mol. The Bertz CT molecular complexity index is 2780. The Morgan fingerprint density at radius 1 is 0.672 bits per heavy atom. The van der Waals surface area contributed by atoms with Crippen molar-refractivity contribution in [3.8, 4) is 22.3 Å². The van der Waals surface area contributed by atoms with Gasteiger partial charge in [0.15, 0.2) is 5.78 Å². The highest BCUT2D eigenvalue weighted by atomic mass is 16.6. The number of carbonyl (C=O) groups is 3. The molecule has 16 heteroatoms. The minimum Gasteiger partial charge on any atom is -0.443 e. The maximum Gasteiger partial charge on any atom is 0.420 e. The van der Waals surface area contributed by atoms with E-state index >= 15 is 0 Å². The van der Waals surface area contributed by atoms with Crippen LogP contribution in [-0.2, 0) is 18.9 Å². The van der Waals surface area contributed by atoms with Crippen molar-refractivity contribution in [2.45, 2.75) is 149 Å². The lowest BCUT2D eigenvalue weighted by atomic mass is 9.94. The van der Waals surface area contributed by atoms with Gasteiger partial charge in [0.25, 0.3) is 0 Å². The predicted octanol–water partition coefficient (Wildman–Crippen LogP) is 9.73. The van der Waals surface area contributed by atoms with Crippen LogP contribution < -0.4 is 0 Å². The number of aryl methyl sites for hydroxylation is 4. The van der Waals surface area contributed by atoms with Gasteiger partial charge in [-0.1, -0.05) is 10.3 Å². The number of aromatic nitrogens is 6. The van der Waals surface area contributed by atoms with E-state index in [9.17, 15) is 19.5 Å². The molecule has 0 bridgehead atoms. The first-order chi connectivity index (χ1) is 30.3. The zero-order valence-corrected chi connectivity index (χ0v) is 38.2. The minimum absolute atomic E-state index is 0.119. The molecule has 338 valence electrons. The number of ether oxygens (including phenoxy) is 4. The van der Waals surface area contributed by atoms with Gasteiger partial charge in [-0.2, -0.15) is 0 Å². The number of imidazole rings is 2. The number of ketones is 1. The molecular weight excluding hydrogens is 821 g/mol. The fourth-order valence-electron chi connectivity index (χ4n) is 8.46. The number of hydrogen-bond donors (Lipinski definition) is 1. The molecule has 4 fully saturated rings. The summed E-state index contributed by atoms with van der Waals surface area (Å²) in [5.41, 5.74) is 6.76. The van der Waals surface area contributed by atoms with E-state index in [1.54, 1.807) is 9.13 Å². The highest BCUT2D eigenvalue weighted by molar-refractivity contribution is 6.11. The van der Waals surface area contributed by atoms with Crippen LogP contribution in [-0.4, -0.2) is 89.1 Å². The van der Waals surface area contributed by atoms with Gasteiger partial charge in [0.1, 0.15) is 52.1 Å². The zero-order valence-electron chi connectivity index (χ0n) is 38.2. The maximum atomic E-state index is 13.3. The van der Waals surface area contributed by atoms with Crippen molar-refractivity contribution in [3.63, 3.8) is 0 Å². The molecule has 6 aromatic rings. The third-order valence-electron chi connectivity index (χ3n) is 11.9. The van der Waals surface area contributed by atoms with Crippen molar-refractivity contribution in [3.05, 3.63) is 69.9 Å². The molecule has 0 amide bonds. The number of Topliss-reactive ketones (excluding diaryl/α,β-unsaturated/α-hetero) is 1. The first kappa shape index (κ1) is 43.5. The van der Waals surface area contributed by atoms with Crippen molar-refractivity contribution in [2.75, 3.05) is 13.2 Å². The second-order valence-electron chi connectivity index (χ2n) is 19.5. The highest BCUT2D eigenvalue weighted by Crippen LogP contribution is 2.45. The maximum absolute atomic E-state index is 13.3. The molecule has 0 spiro atoms. The fourth-order valence-corrected chi connectivity index (χ4v) is 8.46. The Balaban J connectivity index is 0.000000162. The van der Waals surface area contributed by atoms with Crippen LogP contribution in [0.1, 0.15) is 148 Å². The van der Waals surface area contributed by atoms with E-state index in [4.69, 9.17) is 38.0 Å². The molecule has 2 aliphatic carbocycles. The standard InChI is InChI=1S/C24H29N3O5.C24H27N3O5/c2*1-12-19(13(2)32-26-12)15-10-16(21(28)18-8-9-30-18)20-17(11-15)27(22(25-20)14-6-7-14)23(29)31-24(3,4)5/h10-11,14,18,21,28H,6-9H2,1-5H3;10-11,14,18H,6-9H2,1-5H3. The Kier molecular flexibility index (Phi) is 10.9. The molecule has 4 aliphatic rings. The summed E-state index contributed by atoms with van der Waals surface area (Å²) in [6, 6.07) is 7.54. The number of nitrogens with zero attached hydrogens (tertiary/aromatic N) is 6. The molecule has 0 radical (unpaired) electrons. The SMILES string of the molecule is Cc1noc(C)c1-c1cc(C(=O)C2CCO2)c2nc(C3CC3)n(C(=O)OC(C)(C)C)c2c1.Cc1noc(C)c1-c1cc(C(O)C2CCO2)c2nc(C3CC3)n(C(=O)OC(C)(C)C)c2c1. The second kappa shape index (κ2) is 16.1. The van der Waals surface area contributed by atoms with Crippen molar-refractivity contribution in [1.29, 1.82) is 0 Å². The van der Waals surface area contributed by atoms with Gasteiger partial charge < -0.3 is 33.1 Å². The smallest absolute Gasteiger partial charge is 0.420 e. The number of aliphatic hydroxyl groups excluding tert-OH is 1. The third-order valence-corrected chi connectivity index (χ3v) is 11.9.